The van der Waals surface area contributed by atoms with Crippen LogP contribution in [0, 0.1) is 0 Å². The van der Waals surface area contributed by atoms with E-state index in [1.54, 1.807) is 0 Å². The summed E-state index contributed by atoms with van der Waals surface area (Å²) in [5.41, 5.74) is 12.1. The lowest BCUT2D eigenvalue weighted by molar-refractivity contribution is 1.18. The van der Waals surface area contributed by atoms with Crippen LogP contribution in [0.15, 0.2) is 182 Å². The first-order chi connectivity index (χ1) is 25.3. The molecule has 11 aromatic rings. The smallest absolute Gasteiger partial charge is 0.0548 e. The molecule has 0 bridgehead atoms. The summed E-state index contributed by atoms with van der Waals surface area (Å²) in [5.74, 6) is 0. The molecule has 2 nitrogen and oxygen atoms in total. The van der Waals surface area contributed by atoms with Gasteiger partial charge in [-0.2, -0.15) is 0 Å². The average molecular weight is 667 g/mol. The highest BCUT2D eigenvalue weighted by Crippen LogP contribution is 2.42. The normalized spacial score (nSPS) is 11.9. The Bertz CT molecular complexity index is 3050. The van der Waals surface area contributed by atoms with Crippen LogP contribution in [0.4, 0.5) is 0 Å². The van der Waals surface area contributed by atoms with Gasteiger partial charge in [-0.05, 0) is 89.0 Å². The maximum atomic E-state index is 2.44. The van der Waals surface area contributed by atoms with E-state index < -0.39 is 0 Å². The van der Waals surface area contributed by atoms with Crippen molar-refractivity contribution >= 4 is 75.1 Å². The Kier molecular flexibility index (Phi) is 6.16. The van der Waals surface area contributed by atoms with Crippen molar-refractivity contribution in [3.05, 3.63) is 182 Å². The lowest BCUT2D eigenvalue weighted by Crippen LogP contribution is -1.95. The number of hydrogen-bond acceptors (Lipinski definition) is 1. The molecule has 0 saturated heterocycles. The van der Waals surface area contributed by atoms with Crippen LogP contribution in [0.2, 0.25) is 0 Å². The van der Waals surface area contributed by atoms with Crippen LogP contribution in [-0.4, -0.2) is 9.13 Å². The van der Waals surface area contributed by atoms with Crippen LogP contribution in [0.3, 0.4) is 0 Å². The Balaban J connectivity index is 1.04. The Morgan fingerprint density at radius 2 is 0.765 bits per heavy atom. The van der Waals surface area contributed by atoms with Crippen molar-refractivity contribution in [2.24, 2.45) is 0 Å². The number of fused-ring (bicyclic) bond motifs is 9. The molecule has 51 heavy (non-hydrogen) atoms. The number of para-hydroxylation sites is 2. The summed E-state index contributed by atoms with van der Waals surface area (Å²) in [6.45, 7) is 0. The van der Waals surface area contributed by atoms with Gasteiger partial charge in [-0.15, -0.1) is 11.3 Å². The molecule has 8 aromatic carbocycles. The van der Waals surface area contributed by atoms with E-state index in [9.17, 15) is 0 Å². The van der Waals surface area contributed by atoms with Crippen LogP contribution in [-0.2, 0) is 0 Å². The van der Waals surface area contributed by atoms with Gasteiger partial charge in [0, 0.05) is 53.1 Å². The van der Waals surface area contributed by atoms with Crippen LogP contribution in [0.5, 0.6) is 0 Å². The molecule has 0 aliphatic carbocycles. The first-order valence-corrected chi connectivity index (χ1v) is 18.2. The third-order valence-electron chi connectivity index (χ3n) is 10.5. The maximum Gasteiger partial charge on any atom is 0.0548 e. The molecule has 0 unspecified atom stereocenters. The summed E-state index contributed by atoms with van der Waals surface area (Å²) in [6, 6.07) is 66.6. The third kappa shape index (κ3) is 4.35. The molecule has 0 aliphatic heterocycles. The number of benzene rings is 8. The summed E-state index contributed by atoms with van der Waals surface area (Å²) in [6.07, 6.45) is 0. The van der Waals surface area contributed by atoms with Crippen molar-refractivity contribution < 1.29 is 0 Å². The van der Waals surface area contributed by atoms with Gasteiger partial charge in [-0.25, -0.2) is 0 Å². The minimum Gasteiger partial charge on any atom is -0.309 e. The summed E-state index contributed by atoms with van der Waals surface area (Å²) >= 11 is 1.88. The van der Waals surface area contributed by atoms with Gasteiger partial charge in [0.05, 0.1) is 22.1 Å². The number of nitrogens with zero attached hydrogens (tertiary/aromatic N) is 2. The molecule has 3 heterocycles. The Morgan fingerprint density at radius 3 is 1.43 bits per heavy atom. The monoisotopic (exact) mass is 666 g/mol. The second kappa shape index (κ2) is 11.0. The quantitative estimate of drug-likeness (QED) is 0.177. The van der Waals surface area contributed by atoms with Gasteiger partial charge in [0.15, 0.2) is 0 Å². The SMILES string of the molecule is c1ccc(-c2ccc3c(c2)c2cc4sc5ccccc5c4cc2n3-c2ccc(-c3ccc(-n4c5ccccc5c5ccccc54)cc3)cc2)cc1. The van der Waals surface area contributed by atoms with E-state index in [1.807, 2.05) is 11.3 Å². The molecule has 0 atom stereocenters. The first kappa shape index (κ1) is 28.4. The molecule has 0 spiro atoms. The van der Waals surface area contributed by atoms with E-state index in [4.69, 9.17) is 0 Å². The molecular formula is C48H30N2S. The maximum absolute atomic E-state index is 2.44. The third-order valence-corrected chi connectivity index (χ3v) is 11.7. The lowest BCUT2D eigenvalue weighted by atomic mass is 10.0. The Morgan fingerprint density at radius 1 is 0.275 bits per heavy atom. The Labute approximate surface area is 298 Å². The van der Waals surface area contributed by atoms with E-state index in [2.05, 4.69) is 191 Å². The Hall–Kier alpha value is -6.42. The average Bonchev–Trinajstić information content (AvgIpc) is 3.84. The topological polar surface area (TPSA) is 9.86 Å². The van der Waals surface area contributed by atoms with Crippen LogP contribution >= 0.6 is 11.3 Å². The second-order valence-corrected chi connectivity index (χ2v) is 14.4. The van der Waals surface area contributed by atoms with E-state index in [-0.39, 0.29) is 0 Å². The summed E-state index contributed by atoms with van der Waals surface area (Å²) in [7, 11) is 0. The minimum absolute atomic E-state index is 1.16. The molecule has 238 valence electrons. The predicted octanol–water partition coefficient (Wildman–Crippen LogP) is 13.6. The van der Waals surface area contributed by atoms with Crippen LogP contribution in [0.1, 0.15) is 0 Å². The molecule has 0 fully saturated rings. The van der Waals surface area contributed by atoms with Crippen molar-refractivity contribution in [3.63, 3.8) is 0 Å². The number of aromatic nitrogens is 2. The van der Waals surface area contributed by atoms with Crippen molar-refractivity contribution in [3.8, 4) is 33.6 Å². The van der Waals surface area contributed by atoms with Gasteiger partial charge in [-0.1, -0.05) is 115 Å². The van der Waals surface area contributed by atoms with E-state index in [1.165, 1.54) is 91.7 Å². The zero-order valence-corrected chi connectivity index (χ0v) is 28.4. The highest BCUT2D eigenvalue weighted by molar-refractivity contribution is 7.25. The lowest BCUT2D eigenvalue weighted by Gasteiger charge is -2.11. The largest absolute Gasteiger partial charge is 0.309 e. The van der Waals surface area contributed by atoms with Gasteiger partial charge in [0.2, 0.25) is 0 Å². The van der Waals surface area contributed by atoms with Gasteiger partial charge >= 0.3 is 0 Å². The minimum atomic E-state index is 1.16. The van der Waals surface area contributed by atoms with Gasteiger partial charge in [0.25, 0.3) is 0 Å². The van der Waals surface area contributed by atoms with E-state index in [0.717, 1.165) is 5.69 Å². The highest BCUT2D eigenvalue weighted by atomic mass is 32.1. The molecule has 0 aliphatic rings. The fourth-order valence-electron chi connectivity index (χ4n) is 8.13. The fourth-order valence-corrected chi connectivity index (χ4v) is 9.26. The van der Waals surface area contributed by atoms with Gasteiger partial charge in [-0.3, -0.25) is 0 Å². The zero-order chi connectivity index (χ0) is 33.5. The van der Waals surface area contributed by atoms with Gasteiger partial charge < -0.3 is 9.13 Å². The van der Waals surface area contributed by atoms with Crippen molar-refractivity contribution in [1.29, 1.82) is 0 Å². The van der Waals surface area contributed by atoms with Gasteiger partial charge in [0.1, 0.15) is 0 Å². The molecule has 0 saturated carbocycles. The van der Waals surface area contributed by atoms with E-state index in [0.29, 0.717) is 0 Å². The molecule has 0 radical (unpaired) electrons. The fraction of sp³-hybridized carbons (Fsp3) is 0. The standard InChI is InChI=1S/C48H30N2S/c1-2-10-31(11-3-1)34-22-27-45-40(28-34)41-30-48-42(39-14-6-9-17-47(39)51-48)29-46(41)50(45)36-25-20-33(21-26-36)32-18-23-35(24-19-32)49-43-15-7-4-12-37(43)38-13-5-8-16-44(38)49/h1-30H. The molecular weight excluding hydrogens is 637 g/mol. The summed E-state index contributed by atoms with van der Waals surface area (Å²) in [4.78, 5) is 0. The number of thiophene rings is 1. The van der Waals surface area contributed by atoms with Crippen molar-refractivity contribution in [2.75, 3.05) is 0 Å². The van der Waals surface area contributed by atoms with Crippen molar-refractivity contribution in [2.45, 2.75) is 0 Å². The zero-order valence-electron chi connectivity index (χ0n) is 27.6. The molecule has 0 N–H and O–H groups in total. The first-order valence-electron chi connectivity index (χ1n) is 17.4. The number of rotatable bonds is 4. The van der Waals surface area contributed by atoms with Crippen LogP contribution in [0.25, 0.3) is 97.4 Å². The number of hydrogen-bond donors (Lipinski definition) is 0. The van der Waals surface area contributed by atoms with E-state index >= 15 is 0 Å². The second-order valence-electron chi connectivity index (χ2n) is 13.4. The molecule has 0 amide bonds. The van der Waals surface area contributed by atoms with Crippen molar-refractivity contribution in [1.82, 2.24) is 9.13 Å². The summed E-state index contributed by atoms with van der Waals surface area (Å²) in [5, 5.41) is 7.75. The van der Waals surface area contributed by atoms with Crippen LogP contribution < -0.4 is 0 Å². The molecule has 11 rings (SSSR count). The highest BCUT2D eigenvalue weighted by Gasteiger charge is 2.17. The molecule has 3 aromatic heterocycles. The molecule has 3 heteroatoms. The predicted molar refractivity (Wildman–Crippen MR) is 219 cm³/mol. The summed E-state index contributed by atoms with van der Waals surface area (Å²) < 4.78 is 7.47.